The average molecular weight is 447 g/mol. The third-order valence-corrected chi connectivity index (χ3v) is 6.54. The SMILES string of the molecule is CCN(CC(=O)NC(C)C)C(=O)CSc1ncnc2cc(-c3ccc(F)cc3)sc12. The summed E-state index contributed by atoms with van der Waals surface area (Å²) in [7, 11) is 0. The molecule has 0 aliphatic heterocycles. The second kappa shape index (κ2) is 9.99. The Kier molecular flexibility index (Phi) is 7.38. The van der Waals surface area contributed by atoms with E-state index in [1.807, 2.05) is 26.8 Å². The Bertz CT molecular complexity index is 1040. The Labute approximate surface area is 182 Å². The number of hydrogen-bond acceptors (Lipinski definition) is 6. The maximum Gasteiger partial charge on any atom is 0.239 e. The van der Waals surface area contributed by atoms with Crippen LogP contribution in [-0.4, -0.2) is 51.6 Å². The molecule has 0 aliphatic carbocycles. The molecule has 0 bridgehead atoms. The monoisotopic (exact) mass is 446 g/mol. The van der Waals surface area contributed by atoms with Crippen molar-refractivity contribution in [2.75, 3.05) is 18.8 Å². The third kappa shape index (κ3) is 5.54. The number of thiophene rings is 1. The van der Waals surface area contributed by atoms with Crippen LogP contribution in [-0.2, 0) is 9.59 Å². The minimum Gasteiger partial charge on any atom is -0.352 e. The Balaban J connectivity index is 1.71. The molecule has 9 heteroatoms. The maximum absolute atomic E-state index is 13.2. The first-order valence-electron chi connectivity index (χ1n) is 9.57. The molecular formula is C21H23FN4O2S2. The van der Waals surface area contributed by atoms with Gasteiger partial charge in [0.05, 0.1) is 22.5 Å². The summed E-state index contributed by atoms with van der Waals surface area (Å²) < 4.78 is 14.1. The van der Waals surface area contributed by atoms with Crippen molar-refractivity contribution in [2.45, 2.75) is 31.8 Å². The molecule has 0 fully saturated rings. The van der Waals surface area contributed by atoms with E-state index in [9.17, 15) is 14.0 Å². The number of fused-ring (bicyclic) bond motifs is 1. The second-order valence-corrected chi connectivity index (χ2v) is 8.95. The molecule has 30 heavy (non-hydrogen) atoms. The van der Waals surface area contributed by atoms with Crippen LogP contribution in [0.1, 0.15) is 20.8 Å². The lowest BCUT2D eigenvalue weighted by Crippen LogP contribution is -2.43. The van der Waals surface area contributed by atoms with E-state index >= 15 is 0 Å². The van der Waals surface area contributed by atoms with E-state index in [1.165, 1.54) is 46.5 Å². The lowest BCUT2D eigenvalue weighted by Gasteiger charge is -2.21. The van der Waals surface area contributed by atoms with Gasteiger partial charge in [0.15, 0.2) is 0 Å². The number of halogens is 1. The molecule has 0 spiro atoms. The molecule has 2 amide bonds. The summed E-state index contributed by atoms with van der Waals surface area (Å²) in [5, 5.41) is 3.52. The van der Waals surface area contributed by atoms with Gasteiger partial charge >= 0.3 is 0 Å². The lowest BCUT2D eigenvalue weighted by atomic mass is 10.2. The van der Waals surface area contributed by atoms with E-state index in [0.29, 0.717) is 6.54 Å². The molecule has 0 saturated carbocycles. The molecule has 0 unspecified atom stereocenters. The average Bonchev–Trinajstić information content (AvgIpc) is 3.15. The van der Waals surface area contributed by atoms with Gasteiger partial charge in [0.1, 0.15) is 17.2 Å². The summed E-state index contributed by atoms with van der Waals surface area (Å²) in [6, 6.07) is 8.28. The third-order valence-electron chi connectivity index (χ3n) is 4.26. The highest BCUT2D eigenvalue weighted by molar-refractivity contribution is 8.00. The first kappa shape index (κ1) is 22.2. The number of nitrogens with one attached hydrogen (secondary N) is 1. The molecular weight excluding hydrogens is 423 g/mol. The fourth-order valence-corrected chi connectivity index (χ4v) is 4.93. The second-order valence-electron chi connectivity index (χ2n) is 6.93. The number of carbonyl (C=O) groups excluding carboxylic acids is 2. The van der Waals surface area contributed by atoms with Crippen molar-refractivity contribution < 1.29 is 14.0 Å². The number of carbonyl (C=O) groups is 2. The van der Waals surface area contributed by atoms with Crippen LogP contribution in [0.3, 0.4) is 0 Å². The molecule has 0 atom stereocenters. The van der Waals surface area contributed by atoms with Crippen LogP contribution in [0.15, 0.2) is 41.7 Å². The van der Waals surface area contributed by atoms with Crippen LogP contribution >= 0.6 is 23.1 Å². The highest BCUT2D eigenvalue weighted by Crippen LogP contribution is 2.36. The van der Waals surface area contributed by atoms with Crippen LogP contribution in [0.25, 0.3) is 20.7 Å². The summed E-state index contributed by atoms with van der Waals surface area (Å²) in [6.45, 7) is 6.11. The summed E-state index contributed by atoms with van der Waals surface area (Å²) >= 11 is 2.84. The molecule has 6 nitrogen and oxygen atoms in total. The van der Waals surface area contributed by atoms with Gasteiger partial charge in [0, 0.05) is 17.5 Å². The van der Waals surface area contributed by atoms with Gasteiger partial charge in [-0.1, -0.05) is 23.9 Å². The number of nitrogens with zero attached hydrogens (tertiary/aromatic N) is 3. The fourth-order valence-electron chi connectivity index (χ4n) is 2.83. The molecule has 1 N–H and O–H groups in total. The van der Waals surface area contributed by atoms with E-state index < -0.39 is 0 Å². The van der Waals surface area contributed by atoms with E-state index in [1.54, 1.807) is 12.1 Å². The number of benzene rings is 1. The van der Waals surface area contributed by atoms with Crippen molar-refractivity contribution in [3.63, 3.8) is 0 Å². The Morgan fingerprint density at radius 1 is 1.23 bits per heavy atom. The molecule has 0 aliphatic rings. The van der Waals surface area contributed by atoms with E-state index in [2.05, 4.69) is 15.3 Å². The molecule has 1 aromatic carbocycles. The van der Waals surface area contributed by atoms with Crippen LogP contribution in [0, 0.1) is 5.82 Å². The van der Waals surface area contributed by atoms with Crippen LogP contribution in [0.4, 0.5) is 4.39 Å². The minimum atomic E-state index is -0.281. The number of likely N-dealkylation sites (N-methyl/N-ethyl adjacent to an activating group) is 1. The molecule has 0 saturated heterocycles. The molecule has 3 rings (SSSR count). The van der Waals surface area contributed by atoms with Crippen LogP contribution in [0.5, 0.6) is 0 Å². The summed E-state index contributed by atoms with van der Waals surface area (Å²) in [5.41, 5.74) is 1.69. The number of rotatable bonds is 8. The standard InChI is InChI=1S/C21H23FN4O2S2/c1-4-26(10-18(27)25-13(2)3)19(28)11-29-21-20-16(23-12-24-21)9-17(30-20)14-5-7-15(22)8-6-14/h5-9,12-13H,4,10-11H2,1-3H3,(H,25,27). The number of amides is 2. The summed E-state index contributed by atoms with van der Waals surface area (Å²) in [6.07, 6.45) is 1.48. The van der Waals surface area contributed by atoms with Crippen molar-refractivity contribution in [2.24, 2.45) is 0 Å². The van der Waals surface area contributed by atoms with Gasteiger partial charge in [-0.15, -0.1) is 11.3 Å². The van der Waals surface area contributed by atoms with Gasteiger partial charge in [-0.05, 0) is 44.5 Å². The Hall–Kier alpha value is -2.52. The fraction of sp³-hybridized carbons (Fsp3) is 0.333. The Morgan fingerprint density at radius 2 is 1.97 bits per heavy atom. The van der Waals surface area contributed by atoms with Crippen molar-refractivity contribution in [3.8, 4) is 10.4 Å². The molecule has 2 heterocycles. The van der Waals surface area contributed by atoms with Gasteiger partial charge in [-0.25, -0.2) is 14.4 Å². The highest BCUT2D eigenvalue weighted by Gasteiger charge is 2.18. The summed E-state index contributed by atoms with van der Waals surface area (Å²) in [5.74, 6) is -0.393. The van der Waals surface area contributed by atoms with Crippen molar-refractivity contribution >= 4 is 45.1 Å². The van der Waals surface area contributed by atoms with Gasteiger partial charge in [-0.2, -0.15) is 0 Å². The van der Waals surface area contributed by atoms with Crippen molar-refractivity contribution in [3.05, 3.63) is 42.5 Å². The zero-order valence-corrected chi connectivity index (χ0v) is 18.6. The normalized spacial score (nSPS) is 11.1. The predicted molar refractivity (Wildman–Crippen MR) is 119 cm³/mol. The first-order valence-corrected chi connectivity index (χ1v) is 11.4. The lowest BCUT2D eigenvalue weighted by molar-refractivity contribution is -0.134. The number of hydrogen-bond donors (Lipinski definition) is 1. The zero-order valence-electron chi connectivity index (χ0n) is 17.0. The van der Waals surface area contributed by atoms with E-state index in [4.69, 9.17) is 0 Å². The molecule has 2 aromatic heterocycles. The smallest absolute Gasteiger partial charge is 0.239 e. The molecule has 3 aromatic rings. The van der Waals surface area contributed by atoms with E-state index in [0.717, 1.165) is 25.7 Å². The highest BCUT2D eigenvalue weighted by atomic mass is 32.2. The van der Waals surface area contributed by atoms with Crippen LogP contribution in [0.2, 0.25) is 0 Å². The topological polar surface area (TPSA) is 75.2 Å². The van der Waals surface area contributed by atoms with Gasteiger partial charge in [0.2, 0.25) is 11.8 Å². The first-order chi connectivity index (χ1) is 14.4. The van der Waals surface area contributed by atoms with Crippen molar-refractivity contribution in [1.82, 2.24) is 20.2 Å². The quantitative estimate of drug-likeness (QED) is 0.419. The van der Waals surface area contributed by atoms with E-state index in [-0.39, 0.29) is 36.0 Å². The maximum atomic E-state index is 13.2. The molecule has 158 valence electrons. The van der Waals surface area contributed by atoms with Gasteiger partial charge in [0.25, 0.3) is 0 Å². The molecule has 0 radical (unpaired) electrons. The zero-order chi connectivity index (χ0) is 21.7. The van der Waals surface area contributed by atoms with Crippen LogP contribution < -0.4 is 5.32 Å². The number of aromatic nitrogens is 2. The largest absolute Gasteiger partial charge is 0.352 e. The van der Waals surface area contributed by atoms with Crippen molar-refractivity contribution in [1.29, 1.82) is 0 Å². The predicted octanol–water partition coefficient (Wildman–Crippen LogP) is 3.96. The minimum absolute atomic E-state index is 0.0316. The Morgan fingerprint density at radius 3 is 2.63 bits per heavy atom. The number of thioether (sulfide) groups is 1. The van der Waals surface area contributed by atoms with Gasteiger partial charge < -0.3 is 10.2 Å². The summed E-state index contributed by atoms with van der Waals surface area (Å²) in [4.78, 5) is 35.7. The van der Waals surface area contributed by atoms with Gasteiger partial charge in [-0.3, -0.25) is 9.59 Å².